The fourth-order valence-corrected chi connectivity index (χ4v) is 4.59. The minimum absolute atomic E-state index is 0.0345. The van der Waals surface area contributed by atoms with Crippen molar-refractivity contribution >= 4 is 17.5 Å². The summed E-state index contributed by atoms with van der Waals surface area (Å²) in [4.78, 5) is 24.3. The summed E-state index contributed by atoms with van der Waals surface area (Å²) in [6, 6.07) is 5.91. The van der Waals surface area contributed by atoms with E-state index >= 15 is 0 Å². The lowest BCUT2D eigenvalue weighted by atomic mass is 10.2. The van der Waals surface area contributed by atoms with Gasteiger partial charge >= 0.3 is 0 Å². The van der Waals surface area contributed by atoms with E-state index in [4.69, 9.17) is 4.99 Å². The van der Waals surface area contributed by atoms with E-state index in [0.717, 1.165) is 95.5 Å². The first-order valence-electron chi connectivity index (χ1n) is 12.0. The van der Waals surface area contributed by atoms with Crippen LogP contribution >= 0.6 is 0 Å². The SMILES string of the molecule is CCNC(=NCCCc1nnc2ccccn12)N1CCN(C(C)C(=O)N2CCCC2)CC1. The molecule has 9 heteroatoms. The van der Waals surface area contributed by atoms with E-state index in [-0.39, 0.29) is 11.9 Å². The molecule has 174 valence electrons. The quantitative estimate of drug-likeness (QED) is 0.397. The highest BCUT2D eigenvalue weighted by Crippen LogP contribution is 2.14. The number of piperazine rings is 1. The Bertz CT molecular complexity index is 912. The first-order chi connectivity index (χ1) is 15.7. The van der Waals surface area contributed by atoms with Crippen molar-refractivity contribution in [2.75, 3.05) is 52.4 Å². The molecule has 0 aliphatic carbocycles. The maximum absolute atomic E-state index is 12.7. The highest BCUT2D eigenvalue weighted by molar-refractivity contribution is 5.82. The summed E-state index contributed by atoms with van der Waals surface area (Å²) in [7, 11) is 0. The summed E-state index contributed by atoms with van der Waals surface area (Å²) >= 11 is 0. The average molecular weight is 441 g/mol. The number of aryl methyl sites for hydroxylation is 1. The van der Waals surface area contributed by atoms with E-state index in [1.54, 1.807) is 0 Å². The van der Waals surface area contributed by atoms with Gasteiger partial charge in [-0.05, 0) is 45.2 Å². The van der Waals surface area contributed by atoms with Gasteiger partial charge in [-0.25, -0.2) is 0 Å². The molecule has 2 fully saturated rings. The fourth-order valence-electron chi connectivity index (χ4n) is 4.59. The van der Waals surface area contributed by atoms with Gasteiger partial charge in [0.25, 0.3) is 0 Å². The van der Waals surface area contributed by atoms with Crippen LogP contribution in [0.5, 0.6) is 0 Å². The summed E-state index contributed by atoms with van der Waals surface area (Å²) in [6.07, 6.45) is 6.06. The molecule has 1 N–H and O–H groups in total. The van der Waals surface area contributed by atoms with Crippen LogP contribution in [0.25, 0.3) is 5.65 Å². The largest absolute Gasteiger partial charge is 0.357 e. The number of hydrogen-bond acceptors (Lipinski definition) is 5. The molecule has 0 spiro atoms. The third-order valence-electron chi connectivity index (χ3n) is 6.48. The number of hydrogen-bond donors (Lipinski definition) is 1. The molecule has 32 heavy (non-hydrogen) atoms. The number of rotatable bonds is 7. The van der Waals surface area contributed by atoms with Crippen LogP contribution in [0.2, 0.25) is 0 Å². The van der Waals surface area contributed by atoms with Gasteiger partial charge in [0.1, 0.15) is 5.82 Å². The molecule has 1 unspecified atom stereocenters. The van der Waals surface area contributed by atoms with Gasteiger partial charge in [-0.15, -0.1) is 10.2 Å². The van der Waals surface area contributed by atoms with E-state index in [1.807, 2.05) is 33.7 Å². The minimum atomic E-state index is -0.0345. The molecular weight excluding hydrogens is 404 g/mol. The summed E-state index contributed by atoms with van der Waals surface area (Å²) in [5, 5.41) is 12.0. The Labute approximate surface area is 190 Å². The van der Waals surface area contributed by atoms with E-state index in [0.29, 0.717) is 0 Å². The van der Waals surface area contributed by atoms with E-state index in [2.05, 4.69) is 39.2 Å². The predicted molar refractivity (Wildman–Crippen MR) is 126 cm³/mol. The summed E-state index contributed by atoms with van der Waals surface area (Å²) in [6.45, 7) is 11.1. The normalized spacial score (nSPS) is 19.0. The van der Waals surface area contributed by atoms with Crippen molar-refractivity contribution in [1.29, 1.82) is 0 Å². The number of aromatic nitrogens is 3. The van der Waals surface area contributed by atoms with Crippen LogP contribution in [-0.4, -0.2) is 99.6 Å². The maximum atomic E-state index is 12.7. The van der Waals surface area contributed by atoms with Gasteiger partial charge in [0, 0.05) is 65.0 Å². The Morgan fingerprint density at radius 2 is 1.88 bits per heavy atom. The van der Waals surface area contributed by atoms with Crippen molar-refractivity contribution in [2.45, 2.75) is 45.6 Å². The van der Waals surface area contributed by atoms with Gasteiger partial charge in [0.2, 0.25) is 5.91 Å². The number of guanidine groups is 1. The van der Waals surface area contributed by atoms with E-state index < -0.39 is 0 Å². The predicted octanol–water partition coefficient (Wildman–Crippen LogP) is 1.26. The van der Waals surface area contributed by atoms with Gasteiger partial charge in [0.15, 0.2) is 11.6 Å². The molecule has 2 aromatic heterocycles. The molecule has 2 saturated heterocycles. The summed E-state index contributed by atoms with van der Waals surface area (Å²) < 4.78 is 2.04. The molecule has 4 rings (SSSR count). The molecule has 2 aromatic rings. The summed E-state index contributed by atoms with van der Waals surface area (Å²) in [5.41, 5.74) is 0.884. The number of nitrogens with zero attached hydrogens (tertiary/aromatic N) is 7. The second-order valence-electron chi connectivity index (χ2n) is 8.62. The van der Waals surface area contributed by atoms with Crippen molar-refractivity contribution < 1.29 is 4.79 Å². The highest BCUT2D eigenvalue weighted by Gasteiger charge is 2.30. The Hall–Kier alpha value is -2.68. The molecule has 2 aliphatic rings. The van der Waals surface area contributed by atoms with Gasteiger partial charge in [-0.1, -0.05) is 6.07 Å². The van der Waals surface area contributed by atoms with Gasteiger partial charge < -0.3 is 15.1 Å². The van der Waals surface area contributed by atoms with E-state index in [1.165, 1.54) is 0 Å². The van der Waals surface area contributed by atoms with Crippen LogP contribution in [0.15, 0.2) is 29.4 Å². The van der Waals surface area contributed by atoms with Crippen LogP contribution in [0.1, 0.15) is 38.9 Å². The van der Waals surface area contributed by atoms with Crippen LogP contribution in [-0.2, 0) is 11.2 Å². The molecule has 0 bridgehead atoms. The minimum Gasteiger partial charge on any atom is -0.357 e. The van der Waals surface area contributed by atoms with Gasteiger partial charge in [0.05, 0.1) is 6.04 Å². The van der Waals surface area contributed by atoms with Crippen LogP contribution in [0, 0.1) is 0 Å². The van der Waals surface area contributed by atoms with Crippen molar-refractivity contribution in [3.8, 4) is 0 Å². The van der Waals surface area contributed by atoms with Crippen LogP contribution in [0.3, 0.4) is 0 Å². The Morgan fingerprint density at radius 1 is 1.09 bits per heavy atom. The molecule has 0 saturated carbocycles. The Morgan fingerprint density at radius 3 is 2.62 bits per heavy atom. The average Bonchev–Trinajstić information content (AvgIpc) is 3.51. The molecule has 0 aromatic carbocycles. The fraction of sp³-hybridized carbons (Fsp3) is 0.652. The molecule has 1 atom stereocenters. The lowest BCUT2D eigenvalue weighted by Crippen LogP contribution is -2.57. The molecule has 2 aliphatic heterocycles. The monoisotopic (exact) mass is 440 g/mol. The first-order valence-corrected chi connectivity index (χ1v) is 12.0. The molecule has 1 amide bonds. The van der Waals surface area contributed by atoms with E-state index in [9.17, 15) is 4.79 Å². The lowest BCUT2D eigenvalue weighted by molar-refractivity contribution is -0.135. The van der Waals surface area contributed by atoms with Crippen molar-refractivity contribution in [3.05, 3.63) is 30.2 Å². The zero-order chi connectivity index (χ0) is 22.3. The number of likely N-dealkylation sites (tertiary alicyclic amines) is 1. The maximum Gasteiger partial charge on any atom is 0.239 e. The highest BCUT2D eigenvalue weighted by atomic mass is 16.2. The van der Waals surface area contributed by atoms with Gasteiger partial charge in [-0.2, -0.15) is 0 Å². The van der Waals surface area contributed by atoms with Crippen LogP contribution < -0.4 is 5.32 Å². The first kappa shape index (κ1) is 22.5. The number of pyridine rings is 1. The second-order valence-corrected chi connectivity index (χ2v) is 8.62. The standard InChI is InChI=1S/C23H36N8O/c1-3-24-23(25-11-8-10-21-27-26-20-9-4-5-14-31(20)21)30-17-15-28(16-18-30)19(2)22(32)29-12-6-7-13-29/h4-5,9,14,19H,3,6-8,10-13,15-18H2,1-2H3,(H,24,25). The van der Waals surface area contributed by atoms with Gasteiger partial charge in [-0.3, -0.25) is 19.1 Å². The number of amides is 1. The zero-order valence-electron chi connectivity index (χ0n) is 19.4. The van der Waals surface area contributed by atoms with Crippen molar-refractivity contribution in [3.63, 3.8) is 0 Å². The number of aliphatic imine (C=N–C) groups is 1. The smallest absolute Gasteiger partial charge is 0.239 e. The summed E-state index contributed by atoms with van der Waals surface area (Å²) in [5.74, 6) is 2.24. The number of carbonyl (C=O) groups is 1. The third-order valence-corrected chi connectivity index (χ3v) is 6.48. The molecule has 4 heterocycles. The molecular formula is C23H36N8O. The second kappa shape index (κ2) is 10.8. The number of carbonyl (C=O) groups excluding carboxylic acids is 1. The Balaban J connectivity index is 1.27. The Kier molecular flexibility index (Phi) is 7.57. The molecule has 0 radical (unpaired) electrons. The van der Waals surface area contributed by atoms with Crippen LogP contribution in [0.4, 0.5) is 0 Å². The number of fused-ring (bicyclic) bond motifs is 1. The topological polar surface area (TPSA) is 81.4 Å². The third kappa shape index (κ3) is 5.20. The van der Waals surface area contributed by atoms with Crippen molar-refractivity contribution in [1.82, 2.24) is 34.6 Å². The number of nitrogens with one attached hydrogen (secondary N) is 1. The zero-order valence-corrected chi connectivity index (χ0v) is 19.4. The lowest BCUT2D eigenvalue weighted by Gasteiger charge is -2.39. The van der Waals surface area contributed by atoms with Crippen molar-refractivity contribution in [2.24, 2.45) is 4.99 Å². The molecule has 9 nitrogen and oxygen atoms in total.